The zero-order chi connectivity index (χ0) is 10.3. The highest BCUT2D eigenvalue weighted by Crippen LogP contribution is 2.32. The van der Waals surface area contributed by atoms with Crippen molar-refractivity contribution in [3.63, 3.8) is 0 Å². The first-order chi connectivity index (χ1) is 6.59. The summed E-state index contributed by atoms with van der Waals surface area (Å²) in [5.41, 5.74) is 5.52. The van der Waals surface area contributed by atoms with Crippen LogP contribution in [-0.2, 0) is 4.79 Å². The Morgan fingerprint density at radius 1 is 1.71 bits per heavy atom. The molecule has 2 N–H and O–H groups in total. The van der Waals surface area contributed by atoms with Crippen LogP contribution in [0.2, 0.25) is 4.34 Å². The largest absolute Gasteiger partial charge is 0.332 e. The minimum atomic E-state index is -0.298. The highest BCUT2D eigenvalue weighted by molar-refractivity contribution is 7.16. The molecule has 1 amide bonds. The number of halogens is 1. The van der Waals surface area contributed by atoms with Gasteiger partial charge in [0.1, 0.15) is 6.04 Å². The maximum absolute atomic E-state index is 11.4. The summed E-state index contributed by atoms with van der Waals surface area (Å²) >= 11 is 7.33. The van der Waals surface area contributed by atoms with Crippen LogP contribution in [0.25, 0.3) is 0 Å². The summed E-state index contributed by atoms with van der Waals surface area (Å²) < 4.78 is 0.754. The van der Waals surface area contributed by atoms with Crippen molar-refractivity contribution in [3.8, 4) is 0 Å². The van der Waals surface area contributed by atoms with Crippen molar-refractivity contribution in [2.45, 2.75) is 19.0 Å². The first kappa shape index (κ1) is 9.96. The summed E-state index contributed by atoms with van der Waals surface area (Å²) in [7, 11) is 0. The van der Waals surface area contributed by atoms with Gasteiger partial charge in [0, 0.05) is 11.4 Å². The van der Waals surface area contributed by atoms with E-state index < -0.39 is 0 Å². The Labute approximate surface area is 91.5 Å². The molecule has 0 bridgehead atoms. The fourth-order valence-electron chi connectivity index (χ4n) is 1.54. The Morgan fingerprint density at radius 2 is 2.43 bits per heavy atom. The van der Waals surface area contributed by atoms with Crippen LogP contribution < -0.4 is 5.73 Å². The average molecular weight is 231 g/mol. The maximum atomic E-state index is 11.4. The summed E-state index contributed by atoms with van der Waals surface area (Å²) in [6, 6.07) is 3.60. The van der Waals surface area contributed by atoms with E-state index in [0.29, 0.717) is 6.54 Å². The molecule has 2 heterocycles. The van der Waals surface area contributed by atoms with E-state index in [1.807, 2.05) is 19.1 Å². The maximum Gasteiger partial charge on any atom is 0.241 e. The fraction of sp³-hybridized carbons (Fsp3) is 0.444. The lowest BCUT2D eigenvalue weighted by Gasteiger charge is -2.40. The van der Waals surface area contributed by atoms with Crippen LogP contribution in [0.15, 0.2) is 12.1 Å². The number of β-lactam (4-membered cyclic amide) rings is 1. The summed E-state index contributed by atoms with van der Waals surface area (Å²) in [5, 5.41) is 0. The zero-order valence-electron chi connectivity index (χ0n) is 7.74. The van der Waals surface area contributed by atoms with Crippen LogP contribution in [0.1, 0.15) is 17.8 Å². The molecular formula is C9H11ClN2OS. The second-order valence-corrected chi connectivity index (χ2v) is 5.16. The molecule has 5 heteroatoms. The van der Waals surface area contributed by atoms with E-state index in [1.54, 1.807) is 4.90 Å². The standard InChI is InChI=1S/C9H11ClN2OS/c1-5(7-2-3-8(10)14-7)12-4-6(11)9(12)13/h2-3,5-6H,4,11H2,1H3. The molecule has 2 unspecified atom stereocenters. The number of thiophene rings is 1. The molecule has 2 rings (SSSR count). The van der Waals surface area contributed by atoms with Gasteiger partial charge < -0.3 is 10.6 Å². The van der Waals surface area contributed by atoms with Gasteiger partial charge in [0.05, 0.1) is 10.4 Å². The molecule has 0 aliphatic carbocycles. The van der Waals surface area contributed by atoms with Gasteiger partial charge in [0.15, 0.2) is 0 Å². The third-order valence-electron chi connectivity index (χ3n) is 2.47. The van der Waals surface area contributed by atoms with E-state index in [0.717, 1.165) is 9.21 Å². The van der Waals surface area contributed by atoms with E-state index in [4.69, 9.17) is 17.3 Å². The quantitative estimate of drug-likeness (QED) is 0.785. The minimum Gasteiger partial charge on any atom is -0.332 e. The van der Waals surface area contributed by atoms with Gasteiger partial charge in [0.2, 0.25) is 5.91 Å². The highest BCUT2D eigenvalue weighted by Gasteiger charge is 2.37. The fourth-order valence-corrected chi connectivity index (χ4v) is 2.66. The van der Waals surface area contributed by atoms with E-state index in [-0.39, 0.29) is 18.0 Å². The summed E-state index contributed by atoms with van der Waals surface area (Å²) in [6.07, 6.45) is 0. The Kier molecular flexibility index (Phi) is 2.51. The van der Waals surface area contributed by atoms with Crippen LogP contribution in [0.3, 0.4) is 0 Å². The summed E-state index contributed by atoms with van der Waals surface area (Å²) in [6.45, 7) is 2.64. The van der Waals surface area contributed by atoms with Crippen LogP contribution in [0.4, 0.5) is 0 Å². The number of rotatable bonds is 2. The van der Waals surface area contributed by atoms with Crippen molar-refractivity contribution in [2.75, 3.05) is 6.54 Å². The predicted octanol–water partition coefficient (Wildman–Crippen LogP) is 1.63. The molecule has 1 aliphatic rings. The van der Waals surface area contributed by atoms with E-state index in [1.165, 1.54) is 11.3 Å². The Balaban J connectivity index is 2.10. The predicted molar refractivity (Wildman–Crippen MR) is 57.4 cm³/mol. The van der Waals surface area contributed by atoms with Gasteiger partial charge in [-0.05, 0) is 19.1 Å². The van der Waals surface area contributed by atoms with Crippen LogP contribution in [-0.4, -0.2) is 23.4 Å². The van der Waals surface area contributed by atoms with Crippen molar-refractivity contribution in [2.24, 2.45) is 5.73 Å². The Bertz CT molecular complexity index is 365. The SMILES string of the molecule is CC(c1ccc(Cl)s1)N1CC(N)C1=O. The Morgan fingerprint density at radius 3 is 2.86 bits per heavy atom. The number of carbonyl (C=O) groups excluding carboxylic acids is 1. The smallest absolute Gasteiger partial charge is 0.241 e. The molecule has 1 fully saturated rings. The van der Waals surface area contributed by atoms with Gasteiger partial charge >= 0.3 is 0 Å². The van der Waals surface area contributed by atoms with Gasteiger partial charge in [-0.2, -0.15) is 0 Å². The average Bonchev–Trinajstić information content (AvgIpc) is 2.59. The van der Waals surface area contributed by atoms with Crippen molar-refractivity contribution in [3.05, 3.63) is 21.3 Å². The number of amides is 1. The number of nitrogens with two attached hydrogens (primary N) is 1. The van der Waals surface area contributed by atoms with E-state index >= 15 is 0 Å². The third kappa shape index (κ3) is 1.54. The second-order valence-electron chi connectivity index (χ2n) is 3.41. The Hall–Kier alpha value is -0.580. The minimum absolute atomic E-state index is 0.0297. The van der Waals surface area contributed by atoms with Gasteiger partial charge in [-0.15, -0.1) is 11.3 Å². The third-order valence-corrected chi connectivity index (χ3v) is 3.87. The van der Waals surface area contributed by atoms with Gasteiger partial charge in [-0.25, -0.2) is 0 Å². The number of hydrogen-bond donors (Lipinski definition) is 1. The molecule has 0 radical (unpaired) electrons. The van der Waals surface area contributed by atoms with E-state index in [2.05, 4.69) is 0 Å². The van der Waals surface area contributed by atoms with Crippen molar-refractivity contribution >= 4 is 28.8 Å². The second kappa shape index (κ2) is 3.53. The molecule has 0 saturated carbocycles. The summed E-state index contributed by atoms with van der Waals surface area (Å²) in [4.78, 5) is 14.2. The molecule has 1 aromatic rings. The molecule has 3 nitrogen and oxygen atoms in total. The lowest BCUT2D eigenvalue weighted by Crippen LogP contribution is -2.61. The number of hydrogen-bond acceptors (Lipinski definition) is 3. The first-order valence-electron chi connectivity index (χ1n) is 4.41. The van der Waals surface area contributed by atoms with Gasteiger partial charge in [0.25, 0.3) is 0 Å². The number of nitrogens with zero attached hydrogens (tertiary/aromatic N) is 1. The lowest BCUT2D eigenvalue weighted by atomic mass is 10.1. The normalized spacial score (nSPS) is 23.5. The van der Waals surface area contributed by atoms with Crippen LogP contribution >= 0.6 is 22.9 Å². The molecule has 0 spiro atoms. The molecule has 1 aliphatic heterocycles. The van der Waals surface area contributed by atoms with Crippen molar-refractivity contribution in [1.29, 1.82) is 0 Å². The van der Waals surface area contributed by atoms with Crippen LogP contribution in [0, 0.1) is 0 Å². The highest BCUT2D eigenvalue weighted by atomic mass is 35.5. The topological polar surface area (TPSA) is 46.3 Å². The molecule has 1 saturated heterocycles. The zero-order valence-corrected chi connectivity index (χ0v) is 9.31. The molecule has 1 aromatic heterocycles. The monoisotopic (exact) mass is 230 g/mol. The number of likely N-dealkylation sites (tertiary alicyclic amines) is 1. The molecule has 14 heavy (non-hydrogen) atoms. The van der Waals surface area contributed by atoms with Crippen LogP contribution in [0.5, 0.6) is 0 Å². The first-order valence-corrected chi connectivity index (χ1v) is 5.60. The van der Waals surface area contributed by atoms with Gasteiger partial charge in [-0.1, -0.05) is 11.6 Å². The van der Waals surface area contributed by atoms with Crippen molar-refractivity contribution in [1.82, 2.24) is 4.90 Å². The number of carbonyl (C=O) groups is 1. The molecular weight excluding hydrogens is 220 g/mol. The van der Waals surface area contributed by atoms with E-state index in [9.17, 15) is 4.79 Å². The molecule has 0 aromatic carbocycles. The van der Waals surface area contributed by atoms with Crippen molar-refractivity contribution < 1.29 is 4.79 Å². The van der Waals surface area contributed by atoms with Gasteiger partial charge in [-0.3, -0.25) is 4.79 Å². The molecule has 2 atom stereocenters. The lowest BCUT2D eigenvalue weighted by molar-refractivity contribution is -0.145. The summed E-state index contributed by atoms with van der Waals surface area (Å²) in [5.74, 6) is 0.0297. The molecule has 76 valence electrons.